The fourth-order valence-corrected chi connectivity index (χ4v) is 2.33. The van der Waals surface area contributed by atoms with Gasteiger partial charge in [-0.1, -0.05) is 6.07 Å². The fraction of sp³-hybridized carbons (Fsp3) is 0.538. The molecule has 5 heteroatoms. The number of rotatable bonds is 4. The van der Waals surface area contributed by atoms with Crippen LogP contribution >= 0.6 is 0 Å². The summed E-state index contributed by atoms with van der Waals surface area (Å²) >= 11 is 0. The molecule has 1 aliphatic carbocycles. The summed E-state index contributed by atoms with van der Waals surface area (Å²) in [6, 6.07) is 4.01. The standard InChI is InChI=1S/C13H18N4O/c1-10-4-5-11-15-12(16-17(11)8-10)14-9-13(18-2)6-3-7-13/h4-5,8H,3,6-7,9H2,1-2H3,(H,14,16). The summed E-state index contributed by atoms with van der Waals surface area (Å²) < 4.78 is 7.37. The molecule has 3 rings (SSSR count). The van der Waals surface area contributed by atoms with E-state index in [-0.39, 0.29) is 5.60 Å². The van der Waals surface area contributed by atoms with Gasteiger partial charge in [-0.3, -0.25) is 0 Å². The maximum absolute atomic E-state index is 5.56. The van der Waals surface area contributed by atoms with Gasteiger partial charge in [0, 0.05) is 19.9 Å². The highest BCUT2D eigenvalue weighted by Gasteiger charge is 2.36. The molecule has 0 unspecified atom stereocenters. The zero-order valence-electron chi connectivity index (χ0n) is 10.8. The first-order valence-corrected chi connectivity index (χ1v) is 6.33. The van der Waals surface area contributed by atoms with E-state index in [1.165, 1.54) is 12.0 Å². The van der Waals surface area contributed by atoms with Crippen LogP contribution in [-0.2, 0) is 4.74 Å². The van der Waals surface area contributed by atoms with Gasteiger partial charge in [0.25, 0.3) is 0 Å². The van der Waals surface area contributed by atoms with Crippen LogP contribution in [0.15, 0.2) is 18.3 Å². The number of aromatic nitrogens is 3. The summed E-state index contributed by atoms with van der Waals surface area (Å²) in [5.74, 6) is 0.670. The average molecular weight is 246 g/mol. The van der Waals surface area contributed by atoms with Crippen molar-refractivity contribution in [1.29, 1.82) is 0 Å². The van der Waals surface area contributed by atoms with E-state index >= 15 is 0 Å². The molecule has 0 saturated heterocycles. The van der Waals surface area contributed by atoms with Crippen LogP contribution in [0.3, 0.4) is 0 Å². The Kier molecular flexibility index (Phi) is 2.70. The van der Waals surface area contributed by atoms with Crippen LogP contribution in [0, 0.1) is 6.92 Å². The molecule has 5 nitrogen and oxygen atoms in total. The normalized spacial score (nSPS) is 17.7. The van der Waals surface area contributed by atoms with E-state index in [0.717, 1.165) is 25.0 Å². The maximum atomic E-state index is 5.56. The van der Waals surface area contributed by atoms with E-state index in [2.05, 4.69) is 15.4 Å². The van der Waals surface area contributed by atoms with E-state index in [4.69, 9.17) is 4.74 Å². The molecular formula is C13H18N4O. The predicted octanol–water partition coefficient (Wildman–Crippen LogP) is 2.02. The number of anilines is 1. The van der Waals surface area contributed by atoms with Crippen LogP contribution < -0.4 is 5.32 Å². The highest BCUT2D eigenvalue weighted by atomic mass is 16.5. The maximum Gasteiger partial charge on any atom is 0.243 e. The molecule has 96 valence electrons. The molecule has 0 spiro atoms. The fourth-order valence-electron chi connectivity index (χ4n) is 2.33. The number of ether oxygens (including phenoxy) is 1. The zero-order chi connectivity index (χ0) is 12.6. The van der Waals surface area contributed by atoms with Crippen molar-refractivity contribution < 1.29 is 4.74 Å². The molecule has 0 atom stereocenters. The number of nitrogens with one attached hydrogen (secondary N) is 1. The number of methoxy groups -OCH3 is 1. The van der Waals surface area contributed by atoms with E-state index in [9.17, 15) is 0 Å². The third-order valence-electron chi connectivity index (χ3n) is 3.75. The van der Waals surface area contributed by atoms with Crippen molar-refractivity contribution in [3.63, 3.8) is 0 Å². The Hall–Kier alpha value is -1.62. The van der Waals surface area contributed by atoms with Crippen molar-refractivity contribution in [2.75, 3.05) is 19.0 Å². The summed E-state index contributed by atoms with van der Waals surface area (Å²) in [6.45, 7) is 2.82. The van der Waals surface area contributed by atoms with Gasteiger partial charge < -0.3 is 10.1 Å². The Morgan fingerprint density at radius 1 is 1.44 bits per heavy atom. The van der Waals surface area contributed by atoms with Gasteiger partial charge in [-0.05, 0) is 37.8 Å². The van der Waals surface area contributed by atoms with Crippen molar-refractivity contribution in [3.05, 3.63) is 23.9 Å². The van der Waals surface area contributed by atoms with Crippen LogP contribution in [-0.4, -0.2) is 33.9 Å². The van der Waals surface area contributed by atoms with Crippen LogP contribution in [0.1, 0.15) is 24.8 Å². The topological polar surface area (TPSA) is 51.5 Å². The number of aryl methyl sites for hydroxylation is 1. The molecule has 1 saturated carbocycles. The lowest BCUT2D eigenvalue weighted by Crippen LogP contribution is -2.45. The van der Waals surface area contributed by atoms with Crippen molar-refractivity contribution in [2.24, 2.45) is 0 Å². The van der Waals surface area contributed by atoms with Gasteiger partial charge in [-0.2, -0.15) is 4.98 Å². The first-order valence-electron chi connectivity index (χ1n) is 6.33. The second-order valence-electron chi connectivity index (χ2n) is 5.04. The average Bonchev–Trinajstić information content (AvgIpc) is 2.70. The van der Waals surface area contributed by atoms with Crippen LogP contribution in [0.4, 0.5) is 5.95 Å². The van der Waals surface area contributed by atoms with Gasteiger partial charge in [0.2, 0.25) is 5.95 Å². The van der Waals surface area contributed by atoms with Crippen molar-refractivity contribution in [1.82, 2.24) is 14.6 Å². The molecule has 2 aromatic rings. The Morgan fingerprint density at radius 2 is 2.28 bits per heavy atom. The van der Waals surface area contributed by atoms with E-state index in [1.807, 2.05) is 25.3 Å². The second-order valence-corrected chi connectivity index (χ2v) is 5.04. The minimum Gasteiger partial charge on any atom is -0.376 e. The number of fused-ring (bicyclic) bond motifs is 1. The van der Waals surface area contributed by atoms with Gasteiger partial charge in [0.15, 0.2) is 5.65 Å². The highest BCUT2D eigenvalue weighted by molar-refractivity contribution is 5.44. The Morgan fingerprint density at radius 3 is 2.94 bits per heavy atom. The number of nitrogens with zero attached hydrogens (tertiary/aromatic N) is 3. The molecule has 0 aromatic carbocycles. The van der Waals surface area contributed by atoms with E-state index in [1.54, 1.807) is 11.6 Å². The Labute approximate surface area is 106 Å². The largest absolute Gasteiger partial charge is 0.376 e. The molecule has 18 heavy (non-hydrogen) atoms. The van der Waals surface area contributed by atoms with Gasteiger partial charge in [-0.15, -0.1) is 5.10 Å². The Bertz CT molecular complexity index is 554. The Balaban J connectivity index is 1.74. The molecule has 1 aliphatic rings. The monoisotopic (exact) mass is 246 g/mol. The molecule has 2 heterocycles. The third kappa shape index (κ3) is 1.95. The SMILES string of the molecule is COC1(CNc2nc3ccc(C)cn3n2)CCC1. The number of hydrogen-bond donors (Lipinski definition) is 1. The van der Waals surface area contributed by atoms with Crippen LogP contribution in [0.2, 0.25) is 0 Å². The molecule has 2 aromatic heterocycles. The zero-order valence-corrected chi connectivity index (χ0v) is 10.8. The molecule has 1 fully saturated rings. The summed E-state index contributed by atoms with van der Waals surface area (Å²) in [4.78, 5) is 4.43. The van der Waals surface area contributed by atoms with Crippen molar-refractivity contribution >= 4 is 11.6 Å². The van der Waals surface area contributed by atoms with Crippen molar-refractivity contribution in [2.45, 2.75) is 31.8 Å². The van der Waals surface area contributed by atoms with Gasteiger partial charge in [-0.25, -0.2) is 4.52 Å². The minimum absolute atomic E-state index is 0.00655. The molecule has 0 aliphatic heterocycles. The summed E-state index contributed by atoms with van der Waals surface area (Å²) in [5.41, 5.74) is 2.03. The number of pyridine rings is 1. The van der Waals surface area contributed by atoms with Crippen molar-refractivity contribution in [3.8, 4) is 0 Å². The van der Waals surface area contributed by atoms with Crippen LogP contribution in [0.5, 0.6) is 0 Å². The molecule has 0 amide bonds. The summed E-state index contributed by atoms with van der Waals surface area (Å²) in [6.07, 6.45) is 5.45. The molecular weight excluding hydrogens is 228 g/mol. The third-order valence-corrected chi connectivity index (χ3v) is 3.75. The molecule has 0 bridgehead atoms. The predicted molar refractivity (Wildman–Crippen MR) is 69.8 cm³/mol. The first-order chi connectivity index (χ1) is 8.71. The smallest absolute Gasteiger partial charge is 0.243 e. The summed E-state index contributed by atoms with van der Waals surface area (Å²) in [7, 11) is 1.78. The first kappa shape index (κ1) is 11.5. The van der Waals surface area contributed by atoms with Gasteiger partial charge in [0.1, 0.15) is 0 Å². The lowest BCUT2D eigenvalue weighted by molar-refractivity contribution is -0.0602. The van der Waals surface area contributed by atoms with Gasteiger partial charge >= 0.3 is 0 Å². The second kappa shape index (κ2) is 4.24. The van der Waals surface area contributed by atoms with Crippen LogP contribution in [0.25, 0.3) is 5.65 Å². The molecule has 1 N–H and O–H groups in total. The van der Waals surface area contributed by atoms with E-state index < -0.39 is 0 Å². The minimum atomic E-state index is -0.00655. The molecule has 0 radical (unpaired) electrons. The van der Waals surface area contributed by atoms with Gasteiger partial charge in [0.05, 0.1) is 5.60 Å². The van der Waals surface area contributed by atoms with E-state index in [0.29, 0.717) is 5.95 Å². The quantitative estimate of drug-likeness (QED) is 0.896. The highest BCUT2D eigenvalue weighted by Crippen LogP contribution is 2.34. The number of hydrogen-bond acceptors (Lipinski definition) is 4. The summed E-state index contributed by atoms with van der Waals surface area (Å²) in [5, 5.41) is 7.69. The lowest BCUT2D eigenvalue weighted by atomic mass is 9.80. The lowest BCUT2D eigenvalue weighted by Gasteiger charge is -2.40.